The van der Waals surface area contributed by atoms with Gasteiger partial charge in [-0.25, -0.2) is 4.79 Å². The highest BCUT2D eigenvalue weighted by atomic mass is 16.6. The van der Waals surface area contributed by atoms with Crippen LogP contribution in [0.25, 0.3) is 0 Å². The van der Waals surface area contributed by atoms with Crippen molar-refractivity contribution >= 4 is 5.97 Å². The first-order valence-electron chi connectivity index (χ1n) is 6.29. The van der Waals surface area contributed by atoms with Crippen LogP contribution in [0.3, 0.4) is 0 Å². The normalized spacial score (nSPS) is 14.9. The number of aryl methyl sites for hydroxylation is 2. The molecule has 0 saturated heterocycles. The molecule has 0 radical (unpaired) electrons. The van der Waals surface area contributed by atoms with Crippen LogP contribution >= 0.6 is 0 Å². The molecule has 0 amide bonds. The lowest BCUT2D eigenvalue weighted by molar-refractivity contribution is 0.0414. The second-order valence-electron chi connectivity index (χ2n) is 4.31. The zero-order valence-electron chi connectivity index (χ0n) is 10.8. The molecule has 4 nitrogen and oxygen atoms in total. The van der Waals surface area contributed by atoms with Gasteiger partial charge in [0.15, 0.2) is 0 Å². The average molecular weight is 250 g/mol. The molecule has 2 rings (SSSR count). The standard InChI is InChI=1S/C14H18O4/c1-3-12-10(2)8-13(18-12)14(15)17-9-11-6-4-5-7-16-11/h6,8H,3-5,7,9H2,1-2H3. The summed E-state index contributed by atoms with van der Waals surface area (Å²) in [5, 5.41) is 0. The first-order valence-corrected chi connectivity index (χ1v) is 6.29. The summed E-state index contributed by atoms with van der Waals surface area (Å²) in [6.07, 6.45) is 4.73. The maximum Gasteiger partial charge on any atom is 0.374 e. The monoisotopic (exact) mass is 250 g/mol. The Morgan fingerprint density at radius 2 is 2.33 bits per heavy atom. The van der Waals surface area contributed by atoms with E-state index in [1.54, 1.807) is 6.07 Å². The second-order valence-corrected chi connectivity index (χ2v) is 4.31. The molecule has 1 aromatic rings. The molecule has 0 aromatic carbocycles. The van der Waals surface area contributed by atoms with E-state index in [1.807, 2.05) is 19.9 Å². The van der Waals surface area contributed by atoms with E-state index >= 15 is 0 Å². The number of furan rings is 1. The van der Waals surface area contributed by atoms with Gasteiger partial charge in [0, 0.05) is 6.42 Å². The highest BCUT2D eigenvalue weighted by molar-refractivity contribution is 5.86. The van der Waals surface area contributed by atoms with Crippen molar-refractivity contribution in [2.45, 2.75) is 33.1 Å². The number of ether oxygens (including phenoxy) is 2. The van der Waals surface area contributed by atoms with E-state index in [0.717, 1.165) is 36.3 Å². The molecule has 1 aliphatic rings. The molecule has 0 N–H and O–H groups in total. The van der Waals surface area contributed by atoms with Crippen LogP contribution in [0.4, 0.5) is 0 Å². The molecule has 0 spiro atoms. The summed E-state index contributed by atoms with van der Waals surface area (Å²) in [7, 11) is 0. The van der Waals surface area contributed by atoms with Crippen molar-refractivity contribution in [3.05, 3.63) is 35.0 Å². The lowest BCUT2D eigenvalue weighted by atomic mass is 10.2. The molecule has 0 saturated carbocycles. The number of carbonyl (C=O) groups is 1. The van der Waals surface area contributed by atoms with E-state index in [4.69, 9.17) is 13.9 Å². The van der Waals surface area contributed by atoms with Crippen molar-refractivity contribution < 1.29 is 18.7 Å². The van der Waals surface area contributed by atoms with Gasteiger partial charge in [0.25, 0.3) is 0 Å². The minimum absolute atomic E-state index is 0.181. The zero-order chi connectivity index (χ0) is 13.0. The first kappa shape index (κ1) is 12.7. The summed E-state index contributed by atoms with van der Waals surface area (Å²) in [5.41, 5.74) is 0.984. The van der Waals surface area contributed by atoms with Crippen LogP contribution in [0.1, 0.15) is 41.6 Å². The maximum atomic E-state index is 11.8. The van der Waals surface area contributed by atoms with Gasteiger partial charge < -0.3 is 13.9 Å². The largest absolute Gasteiger partial charge is 0.495 e. The van der Waals surface area contributed by atoms with Crippen molar-refractivity contribution in [1.82, 2.24) is 0 Å². The fourth-order valence-electron chi connectivity index (χ4n) is 1.89. The Morgan fingerprint density at radius 1 is 1.50 bits per heavy atom. The molecule has 4 heteroatoms. The molecule has 0 fully saturated rings. The highest BCUT2D eigenvalue weighted by Crippen LogP contribution is 2.17. The van der Waals surface area contributed by atoms with E-state index in [-0.39, 0.29) is 12.4 Å². The van der Waals surface area contributed by atoms with Crippen LogP contribution in [0.15, 0.2) is 22.3 Å². The van der Waals surface area contributed by atoms with Crippen LogP contribution in [0.5, 0.6) is 0 Å². The molecule has 2 heterocycles. The first-order chi connectivity index (χ1) is 8.70. The minimum atomic E-state index is -0.437. The van der Waals surface area contributed by atoms with E-state index in [2.05, 4.69) is 0 Å². The van der Waals surface area contributed by atoms with Crippen molar-refractivity contribution in [3.63, 3.8) is 0 Å². The van der Waals surface area contributed by atoms with Gasteiger partial charge >= 0.3 is 5.97 Å². The van der Waals surface area contributed by atoms with Gasteiger partial charge in [0.1, 0.15) is 18.1 Å². The summed E-state index contributed by atoms with van der Waals surface area (Å²) in [6.45, 7) is 4.79. The number of allylic oxidation sites excluding steroid dienone is 1. The summed E-state index contributed by atoms with van der Waals surface area (Å²) in [6, 6.07) is 1.72. The van der Waals surface area contributed by atoms with E-state index in [0.29, 0.717) is 6.61 Å². The topological polar surface area (TPSA) is 48.7 Å². The lowest BCUT2D eigenvalue weighted by Gasteiger charge is -2.14. The Bertz CT molecular complexity index is 456. The van der Waals surface area contributed by atoms with E-state index < -0.39 is 5.97 Å². The summed E-state index contributed by atoms with van der Waals surface area (Å²) in [4.78, 5) is 11.8. The molecule has 1 aromatic heterocycles. The fourth-order valence-corrected chi connectivity index (χ4v) is 1.89. The summed E-state index contributed by atoms with van der Waals surface area (Å²) >= 11 is 0. The van der Waals surface area contributed by atoms with Crippen LogP contribution in [0.2, 0.25) is 0 Å². The number of esters is 1. The Hall–Kier alpha value is -1.71. The third-order valence-electron chi connectivity index (χ3n) is 2.90. The Balaban J connectivity index is 1.92. The number of hydrogen-bond acceptors (Lipinski definition) is 4. The number of carbonyl (C=O) groups excluding carboxylic acids is 1. The molecule has 0 unspecified atom stereocenters. The highest BCUT2D eigenvalue weighted by Gasteiger charge is 2.16. The fraction of sp³-hybridized carbons (Fsp3) is 0.500. The summed E-state index contributed by atoms with van der Waals surface area (Å²) < 4.78 is 16.0. The van der Waals surface area contributed by atoms with Crippen molar-refractivity contribution in [1.29, 1.82) is 0 Å². The maximum absolute atomic E-state index is 11.8. The van der Waals surface area contributed by atoms with Crippen molar-refractivity contribution in [3.8, 4) is 0 Å². The van der Waals surface area contributed by atoms with Crippen LogP contribution < -0.4 is 0 Å². The molecular weight excluding hydrogens is 232 g/mol. The third kappa shape index (κ3) is 2.94. The van der Waals surface area contributed by atoms with Gasteiger partial charge in [0.05, 0.1) is 6.61 Å². The van der Waals surface area contributed by atoms with Gasteiger partial charge in [-0.2, -0.15) is 0 Å². The van der Waals surface area contributed by atoms with Crippen molar-refractivity contribution in [2.75, 3.05) is 13.2 Å². The van der Waals surface area contributed by atoms with E-state index in [9.17, 15) is 4.79 Å². The minimum Gasteiger partial charge on any atom is -0.495 e. The smallest absolute Gasteiger partial charge is 0.374 e. The lowest BCUT2D eigenvalue weighted by Crippen LogP contribution is -2.11. The van der Waals surface area contributed by atoms with Gasteiger partial charge in [-0.15, -0.1) is 0 Å². The zero-order valence-corrected chi connectivity index (χ0v) is 10.8. The molecule has 18 heavy (non-hydrogen) atoms. The SMILES string of the molecule is CCc1oc(C(=O)OCC2=CCCCO2)cc1C. The molecule has 0 atom stereocenters. The molecule has 0 aliphatic carbocycles. The van der Waals surface area contributed by atoms with Crippen molar-refractivity contribution in [2.24, 2.45) is 0 Å². The quantitative estimate of drug-likeness (QED) is 0.771. The van der Waals surface area contributed by atoms with Gasteiger partial charge in [-0.1, -0.05) is 6.92 Å². The third-order valence-corrected chi connectivity index (χ3v) is 2.90. The van der Waals surface area contributed by atoms with Gasteiger partial charge in [0.2, 0.25) is 5.76 Å². The molecule has 98 valence electrons. The Morgan fingerprint density at radius 3 is 2.94 bits per heavy atom. The van der Waals surface area contributed by atoms with E-state index in [1.165, 1.54) is 0 Å². The number of rotatable bonds is 4. The molecule has 0 bridgehead atoms. The van der Waals surface area contributed by atoms with Crippen LogP contribution in [0, 0.1) is 6.92 Å². The summed E-state index contributed by atoms with van der Waals surface area (Å²) in [5.74, 6) is 1.39. The predicted molar refractivity (Wildman–Crippen MR) is 66.4 cm³/mol. The average Bonchev–Trinajstić information content (AvgIpc) is 2.78. The van der Waals surface area contributed by atoms with Crippen LogP contribution in [-0.4, -0.2) is 19.2 Å². The van der Waals surface area contributed by atoms with Gasteiger partial charge in [-0.05, 0) is 37.5 Å². The molecule has 1 aliphatic heterocycles. The van der Waals surface area contributed by atoms with Gasteiger partial charge in [-0.3, -0.25) is 0 Å². The van der Waals surface area contributed by atoms with Crippen LogP contribution in [-0.2, 0) is 15.9 Å². The Kier molecular flexibility index (Phi) is 4.07. The second kappa shape index (κ2) is 5.76. The predicted octanol–water partition coefficient (Wildman–Crippen LogP) is 3.00. The number of hydrogen-bond donors (Lipinski definition) is 0. The molecular formula is C14H18O4. The Labute approximate surface area is 107 Å².